The average Bonchev–Trinajstić information content (AvgIpc) is 3.21. The quantitative estimate of drug-likeness (QED) is 0.901. The minimum atomic E-state index is -0.263. The van der Waals surface area contributed by atoms with E-state index in [2.05, 4.69) is 5.32 Å². The summed E-state index contributed by atoms with van der Waals surface area (Å²) in [5.41, 5.74) is 0.529. The standard InChI is InChI=1S/C18H19N3O3S/c22-16(13-19-17(23)14-5-2-1-3-6-14)20-8-10-21(11-9-20)18(24)15-7-4-12-25-15/h1-7,12H,8-11,13H2,(H,19,23). The molecule has 1 saturated heterocycles. The number of benzene rings is 1. The molecule has 1 aromatic heterocycles. The molecule has 1 aromatic carbocycles. The Balaban J connectivity index is 1.45. The lowest BCUT2D eigenvalue weighted by molar-refractivity contribution is -0.131. The normalized spacial score (nSPS) is 14.2. The van der Waals surface area contributed by atoms with Gasteiger partial charge in [-0.15, -0.1) is 11.3 Å². The Kier molecular flexibility index (Phi) is 5.45. The predicted molar refractivity (Wildman–Crippen MR) is 95.6 cm³/mol. The predicted octanol–water partition coefficient (Wildman–Crippen LogP) is 1.46. The third-order valence-corrected chi connectivity index (χ3v) is 4.95. The van der Waals surface area contributed by atoms with E-state index in [9.17, 15) is 14.4 Å². The van der Waals surface area contributed by atoms with Crippen LogP contribution in [0.5, 0.6) is 0 Å². The van der Waals surface area contributed by atoms with Gasteiger partial charge in [-0.05, 0) is 23.6 Å². The zero-order valence-corrected chi connectivity index (χ0v) is 14.5. The number of amides is 3. The van der Waals surface area contributed by atoms with Crippen molar-refractivity contribution in [3.8, 4) is 0 Å². The Labute approximate surface area is 150 Å². The summed E-state index contributed by atoms with van der Waals surface area (Å²) in [6.45, 7) is 1.95. The summed E-state index contributed by atoms with van der Waals surface area (Å²) in [6, 6.07) is 12.5. The first-order valence-electron chi connectivity index (χ1n) is 8.09. The molecule has 2 aromatic rings. The molecule has 0 spiro atoms. The maximum absolute atomic E-state index is 12.3. The second-order valence-electron chi connectivity index (χ2n) is 5.70. The third-order valence-electron chi connectivity index (χ3n) is 4.09. The molecule has 6 nitrogen and oxygen atoms in total. The van der Waals surface area contributed by atoms with Gasteiger partial charge < -0.3 is 15.1 Å². The van der Waals surface area contributed by atoms with E-state index in [0.29, 0.717) is 31.7 Å². The molecule has 1 aliphatic heterocycles. The molecule has 0 saturated carbocycles. The number of hydrogen-bond acceptors (Lipinski definition) is 4. The van der Waals surface area contributed by atoms with Gasteiger partial charge >= 0.3 is 0 Å². The van der Waals surface area contributed by atoms with Crippen LogP contribution in [0.2, 0.25) is 0 Å². The Morgan fingerprint density at radius 1 is 0.920 bits per heavy atom. The fourth-order valence-corrected chi connectivity index (χ4v) is 3.37. The highest BCUT2D eigenvalue weighted by Crippen LogP contribution is 2.13. The number of nitrogens with zero attached hydrogens (tertiary/aromatic N) is 2. The van der Waals surface area contributed by atoms with Gasteiger partial charge in [0.25, 0.3) is 11.8 Å². The van der Waals surface area contributed by atoms with Crippen molar-refractivity contribution < 1.29 is 14.4 Å². The van der Waals surface area contributed by atoms with Crippen molar-refractivity contribution in [2.45, 2.75) is 0 Å². The van der Waals surface area contributed by atoms with Crippen LogP contribution in [-0.2, 0) is 4.79 Å². The largest absolute Gasteiger partial charge is 0.343 e. The molecule has 0 bridgehead atoms. The maximum atomic E-state index is 12.3. The number of thiophene rings is 1. The zero-order valence-electron chi connectivity index (χ0n) is 13.7. The van der Waals surface area contributed by atoms with Crippen molar-refractivity contribution in [1.82, 2.24) is 15.1 Å². The van der Waals surface area contributed by atoms with Gasteiger partial charge in [0.15, 0.2) is 0 Å². The fraction of sp³-hybridized carbons (Fsp3) is 0.278. The minimum absolute atomic E-state index is 0.0134. The van der Waals surface area contributed by atoms with E-state index < -0.39 is 0 Å². The fourth-order valence-electron chi connectivity index (χ4n) is 2.67. The molecule has 1 N–H and O–H groups in total. The van der Waals surface area contributed by atoms with Crippen molar-refractivity contribution in [1.29, 1.82) is 0 Å². The summed E-state index contributed by atoms with van der Waals surface area (Å²) in [4.78, 5) is 40.7. The molecule has 1 fully saturated rings. The first kappa shape index (κ1) is 17.2. The first-order chi connectivity index (χ1) is 12.1. The van der Waals surface area contributed by atoms with Crippen molar-refractivity contribution >= 4 is 29.1 Å². The molecule has 2 heterocycles. The van der Waals surface area contributed by atoms with E-state index in [0.717, 1.165) is 4.88 Å². The van der Waals surface area contributed by atoms with Gasteiger partial charge in [0, 0.05) is 31.7 Å². The third kappa shape index (κ3) is 4.24. The lowest BCUT2D eigenvalue weighted by Gasteiger charge is -2.34. The number of piperazine rings is 1. The van der Waals surface area contributed by atoms with Gasteiger partial charge in [0.1, 0.15) is 0 Å². The molecule has 130 valence electrons. The summed E-state index contributed by atoms with van der Waals surface area (Å²) in [7, 11) is 0. The second kappa shape index (κ2) is 7.94. The lowest BCUT2D eigenvalue weighted by atomic mass is 10.2. The summed E-state index contributed by atoms with van der Waals surface area (Å²) >= 11 is 1.42. The smallest absolute Gasteiger partial charge is 0.264 e. The van der Waals surface area contributed by atoms with Gasteiger partial charge in [0.2, 0.25) is 5.91 Å². The molecule has 0 aliphatic carbocycles. The lowest BCUT2D eigenvalue weighted by Crippen LogP contribution is -2.52. The van der Waals surface area contributed by atoms with Crippen molar-refractivity contribution in [2.75, 3.05) is 32.7 Å². The monoisotopic (exact) mass is 357 g/mol. The highest BCUT2D eigenvalue weighted by atomic mass is 32.1. The second-order valence-corrected chi connectivity index (χ2v) is 6.65. The minimum Gasteiger partial charge on any atom is -0.343 e. The van der Waals surface area contributed by atoms with Crippen LogP contribution in [0.25, 0.3) is 0 Å². The van der Waals surface area contributed by atoms with E-state index in [-0.39, 0.29) is 24.3 Å². The number of nitrogens with one attached hydrogen (secondary N) is 1. The summed E-state index contributed by atoms with van der Waals surface area (Å²) in [5.74, 6) is -0.382. The van der Waals surface area contributed by atoms with Crippen LogP contribution in [0.4, 0.5) is 0 Å². The van der Waals surface area contributed by atoms with Crippen molar-refractivity contribution in [3.05, 3.63) is 58.3 Å². The van der Waals surface area contributed by atoms with Gasteiger partial charge in [0.05, 0.1) is 11.4 Å². The molecular weight excluding hydrogens is 338 g/mol. The van der Waals surface area contributed by atoms with Crippen LogP contribution in [0.15, 0.2) is 47.8 Å². The number of carbonyl (C=O) groups excluding carboxylic acids is 3. The van der Waals surface area contributed by atoms with Crippen LogP contribution in [0.1, 0.15) is 20.0 Å². The molecule has 0 unspecified atom stereocenters. The van der Waals surface area contributed by atoms with E-state index in [1.807, 2.05) is 23.6 Å². The van der Waals surface area contributed by atoms with Gasteiger partial charge in [-0.2, -0.15) is 0 Å². The first-order valence-corrected chi connectivity index (χ1v) is 8.97. The summed E-state index contributed by atoms with van der Waals surface area (Å²) in [5, 5.41) is 4.52. The van der Waals surface area contributed by atoms with Crippen LogP contribution in [-0.4, -0.2) is 60.2 Å². The Bertz CT molecular complexity index is 738. The molecule has 3 rings (SSSR count). The summed E-state index contributed by atoms with van der Waals surface area (Å²) in [6.07, 6.45) is 0. The van der Waals surface area contributed by atoms with E-state index in [1.165, 1.54) is 11.3 Å². The van der Waals surface area contributed by atoms with Gasteiger partial charge in [-0.1, -0.05) is 24.3 Å². The van der Waals surface area contributed by atoms with Crippen molar-refractivity contribution in [3.63, 3.8) is 0 Å². The molecule has 7 heteroatoms. The van der Waals surface area contributed by atoms with E-state index >= 15 is 0 Å². The Morgan fingerprint density at radius 2 is 1.60 bits per heavy atom. The molecule has 0 atom stereocenters. The van der Waals surface area contributed by atoms with Crippen LogP contribution in [0.3, 0.4) is 0 Å². The van der Waals surface area contributed by atoms with Crippen LogP contribution >= 0.6 is 11.3 Å². The van der Waals surface area contributed by atoms with Crippen LogP contribution in [0, 0.1) is 0 Å². The molecule has 1 aliphatic rings. The molecule has 25 heavy (non-hydrogen) atoms. The van der Waals surface area contributed by atoms with E-state index in [1.54, 1.807) is 34.1 Å². The van der Waals surface area contributed by atoms with E-state index in [4.69, 9.17) is 0 Å². The Morgan fingerprint density at radius 3 is 2.24 bits per heavy atom. The maximum Gasteiger partial charge on any atom is 0.264 e. The Hall–Kier alpha value is -2.67. The highest BCUT2D eigenvalue weighted by molar-refractivity contribution is 7.12. The summed E-state index contributed by atoms with van der Waals surface area (Å²) < 4.78 is 0. The zero-order chi connectivity index (χ0) is 17.6. The average molecular weight is 357 g/mol. The topological polar surface area (TPSA) is 69.7 Å². The molecule has 0 radical (unpaired) electrons. The number of rotatable bonds is 4. The molecular formula is C18H19N3O3S. The SMILES string of the molecule is O=C(NCC(=O)N1CCN(C(=O)c2cccs2)CC1)c1ccccc1. The highest BCUT2D eigenvalue weighted by Gasteiger charge is 2.25. The van der Waals surface area contributed by atoms with Gasteiger partial charge in [-0.25, -0.2) is 0 Å². The van der Waals surface area contributed by atoms with Gasteiger partial charge in [-0.3, -0.25) is 14.4 Å². The van der Waals surface area contributed by atoms with Crippen LogP contribution < -0.4 is 5.32 Å². The molecule has 3 amide bonds. The van der Waals surface area contributed by atoms with Crippen molar-refractivity contribution in [2.24, 2.45) is 0 Å². The number of hydrogen-bond donors (Lipinski definition) is 1. The number of carbonyl (C=O) groups is 3.